The van der Waals surface area contributed by atoms with Crippen molar-refractivity contribution in [1.82, 2.24) is 9.80 Å². The summed E-state index contributed by atoms with van der Waals surface area (Å²) in [6.45, 7) is 13.5. The van der Waals surface area contributed by atoms with Crippen molar-refractivity contribution >= 4 is 52.2 Å². The molecule has 0 bridgehead atoms. The summed E-state index contributed by atoms with van der Waals surface area (Å²) in [4.78, 5) is 39.1. The number of amides is 2. The number of hydrogen-bond donors (Lipinski definition) is 4. The molecule has 6 aliphatic heterocycles. The Morgan fingerprint density at radius 2 is 1.15 bits per heavy atom. The van der Waals surface area contributed by atoms with Crippen LogP contribution < -0.4 is 26.4 Å². The third-order valence-corrected chi connectivity index (χ3v) is 15.4. The molecule has 6 N–H and O–H groups in total. The predicted molar refractivity (Wildman–Crippen MR) is 284 cm³/mol. The molecule has 6 atom stereocenters. The first kappa shape index (κ1) is 54.5. The van der Waals surface area contributed by atoms with E-state index in [2.05, 4.69) is 54.7 Å². The number of nitriles is 2. The molecule has 4 aromatic rings. The van der Waals surface area contributed by atoms with Gasteiger partial charge in [-0.05, 0) is 144 Å². The van der Waals surface area contributed by atoms with E-state index in [4.69, 9.17) is 50.7 Å². The van der Waals surface area contributed by atoms with Crippen molar-refractivity contribution in [3.8, 4) is 34.8 Å². The van der Waals surface area contributed by atoms with Crippen LogP contribution in [-0.2, 0) is 30.1 Å². The molecule has 0 aliphatic carbocycles. The van der Waals surface area contributed by atoms with E-state index in [9.17, 15) is 14.9 Å². The molecule has 2 spiro atoms. The van der Waals surface area contributed by atoms with Crippen LogP contribution in [0.3, 0.4) is 0 Å². The molecule has 0 radical (unpaired) electrons. The molecule has 16 nitrogen and oxygen atoms in total. The molecule has 73 heavy (non-hydrogen) atoms. The lowest BCUT2D eigenvalue weighted by Crippen LogP contribution is -2.49. The van der Waals surface area contributed by atoms with E-state index < -0.39 is 18.2 Å². The number of nitrogens with two attached hydrogens (primary N) is 2. The van der Waals surface area contributed by atoms with Crippen molar-refractivity contribution in [2.75, 3.05) is 27.3 Å². The standard InChI is InChI=1S/C27H30N4O3.C19H24BrN3O3.C8H8BNO2.CH4/c1-16-5-6-17(15-28)11-20(16)18-7-8-22-21(12-18)27(24(32)31(4)25(29)30-27)14-23(34-22)19-9-10-33-26(2,3)13-19;1-18(2)9-11(6-7-25-18)15-10-19(16(24)23(3)17(21)22-19)13-8-12(20)4-5-14(13)26-15;1-6-2-3-7(5-10)4-8(6)9(11)12;/h5-8,11-12,19,23H,9-10,13-14H2,1-4H3,(H2,29,30);4-5,8,11,15H,6-7,9-10H2,1-3H3,(H2,21,22);2-4,11-12H,1H3;1H4. The Morgan fingerprint density at radius 1 is 0.685 bits per heavy atom. The maximum absolute atomic E-state index is 13.6. The molecule has 6 heterocycles. The highest BCUT2D eigenvalue weighted by atomic mass is 79.9. The number of hydrogen-bond acceptors (Lipinski definition) is 14. The van der Waals surface area contributed by atoms with Crippen LogP contribution in [0.5, 0.6) is 11.5 Å². The molecule has 18 heteroatoms. The van der Waals surface area contributed by atoms with E-state index in [0.717, 1.165) is 63.5 Å². The average molecular weight is 1060 g/mol. The summed E-state index contributed by atoms with van der Waals surface area (Å²) in [5.74, 6) is 2.19. The fourth-order valence-electron chi connectivity index (χ4n) is 11.0. The Morgan fingerprint density at radius 3 is 1.60 bits per heavy atom. The molecule has 2 amide bonds. The zero-order chi connectivity index (χ0) is 52.1. The van der Waals surface area contributed by atoms with Crippen molar-refractivity contribution in [1.29, 1.82) is 10.5 Å². The number of halogens is 1. The number of ether oxygens (including phenoxy) is 4. The van der Waals surface area contributed by atoms with Gasteiger partial charge in [0, 0.05) is 67.6 Å². The van der Waals surface area contributed by atoms with E-state index in [-0.39, 0.29) is 60.5 Å². The first-order chi connectivity index (χ1) is 34.0. The summed E-state index contributed by atoms with van der Waals surface area (Å²) in [7, 11) is 1.84. The zero-order valence-electron chi connectivity index (χ0n) is 42.0. The predicted octanol–water partition coefficient (Wildman–Crippen LogP) is 6.84. The Labute approximate surface area is 437 Å². The SMILES string of the molecule is C.CN1C(=O)C2(CC(C3CCOC(C)(C)C3)Oc3ccc(Br)cc32)N=C1N.Cc1ccc(C#N)cc1-c1ccc2c(c1)C1(CC(C3CCOC(C)(C)C3)O2)N=C(N)N(C)C1=O.Cc1ccc(C#N)cc1B(O)O. The average Bonchev–Trinajstić information content (AvgIpc) is 3.69. The van der Waals surface area contributed by atoms with Crippen LogP contribution in [0.2, 0.25) is 0 Å². The molecule has 6 unspecified atom stereocenters. The number of rotatable bonds is 4. The van der Waals surface area contributed by atoms with Gasteiger partial charge in [-0.15, -0.1) is 0 Å². The van der Waals surface area contributed by atoms with Gasteiger partial charge in [-0.3, -0.25) is 19.4 Å². The van der Waals surface area contributed by atoms with Gasteiger partial charge in [0.15, 0.2) is 23.0 Å². The lowest BCUT2D eigenvalue weighted by Gasteiger charge is -2.44. The number of likely N-dealkylation sites (N-methyl/N-ethyl adjacent to an activating group) is 2. The first-order valence-electron chi connectivity index (χ1n) is 24.2. The van der Waals surface area contributed by atoms with Crippen LogP contribution in [0.15, 0.2) is 87.3 Å². The largest absolute Gasteiger partial charge is 0.490 e. The quantitative estimate of drug-likeness (QED) is 0.154. The van der Waals surface area contributed by atoms with E-state index in [1.54, 1.807) is 33.2 Å². The van der Waals surface area contributed by atoms with Crippen molar-refractivity contribution in [2.24, 2.45) is 33.3 Å². The summed E-state index contributed by atoms with van der Waals surface area (Å²) in [6.07, 6.45) is 4.20. The second-order valence-corrected chi connectivity index (χ2v) is 21.8. The summed E-state index contributed by atoms with van der Waals surface area (Å²) in [6, 6.07) is 26.2. The molecule has 2 fully saturated rings. The number of guanidine groups is 2. The fraction of sp³-hybridized carbons (Fsp3) is 0.455. The number of fused-ring (bicyclic) bond motifs is 4. The lowest BCUT2D eigenvalue weighted by atomic mass is 9.74. The molecule has 0 aromatic heterocycles. The maximum Gasteiger partial charge on any atom is 0.488 e. The van der Waals surface area contributed by atoms with Gasteiger partial charge >= 0.3 is 7.12 Å². The number of aryl methyl sites for hydroxylation is 2. The van der Waals surface area contributed by atoms with Gasteiger partial charge in [0.2, 0.25) is 0 Å². The third-order valence-electron chi connectivity index (χ3n) is 14.9. The second-order valence-electron chi connectivity index (χ2n) is 20.9. The Hall–Kier alpha value is -6.28. The summed E-state index contributed by atoms with van der Waals surface area (Å²) < 4.78 is 25.6. The topological polar surface area (TPSA) is 242 Å². The Kier molecular flexibility index (Phi) is 15.6. The van der Waals surface area contributed by atoms with Gasteiger partial charge in [-0.2, -0.15) is 10.5 Å². The number of carbonyl (C=O) groups excluding carboxylic acids is 2. The smallest absolute Gasteiger partial charge is 0.488 e. The lowest BCUT2D eigenvalue weighted by molar-refractivity contribution is -0.135. The van der Waals surface area contributed by atoms with Gasteiger partial charge in [-0.25, -0.2) is 9.98 Å². The van der Waals surface area contributed by atoms with E-state index in [1.165, 1.54) is 15.9 Å². The molecule has 384 valence electrons. The highest BCUT2D eigenvalue weighted by Gasteiger charge is 2.57. The number of aliphatic imine (C=N–C) groups is 2. The first-order valence-corrected chi connectivity index (χ1v) is 25.0. The highest BCUT2D eigenvalue weighted by molar-refractivity contribution is 9.10. The minimum atomic E-state index is -1.50. The molecule has 10 rings (SSSR count). The van der Waals surface area contributed by atoms with Crippen molar-refractivity contribution in [3.05, 3.63) is 111 Å². The molecule has 4 aromatic carbocycles. The van der Waals surface area contributed by atoms with Crippen molar-refractivity contribution in [3.63, 3.8) is 0 Å². The van der Waals surface area contributed by atoms with E-state index in [0.29, 0.717) is 60.1 Å². The van der Waals surface area contributed by atoms with Gasteiger partial charge in [-0.1, -0.05) is 47.1 Å². The number of carbonyl (C=O) groups is 2. The van der Waals surface area contributed by atoms with Crippen molar-refractivity contribution < 1.29 is 38.6 Å². The van der Waals surface area contributed by atoms with Crippen LogP contribution in [0.25, 0.3) is 11.1 Å². The summed E-state index contributed by atoms with van der Waals surface area (Å²) >= 11 is 3.50. The molecular formula is C55H66BBrN8O8. The number of benzene rings is 4. The normalized spacial score (nSPS) is 26.2. The van der Waals surface area contributed by atoms with Crippen LogP contribution in [0, 0.1) is 48.3 Å². The molecule has 6 aliphatic rings. The summed E-state index contributed by atoms with van der Waals surface area (Å²) in [5, 5.41) is 35.6. The molecule has 2 saturated heterocycles. The number of nitrogens with zero attached hydrogens (tertiary/aromatic N) is 6. The minimum absolute atomic E-state index is 0. The van der Waals surface area contributed by atoms with Crippen LogP contribution in [-0.4, -0.2) is 101 Å². The second kappa shape index (κ2) is 20.9. The van der Waals surface area contributed by atoms with E-state index >= 15 is 0 Å². The fourth-order valence-corrected chi connectivity index (χ4v) is 11.4. The third kappa shape index (κ3) is 10.7. The van der Waals surface area contributed by atoms with Gasteiger partial charge < -0.3 is 40.5 Å². The summed E-state index contributed by atoms with van der Waals surface area (Å²) in [5.41, 5.74) is 16.3. The van der Waals surface area contributed by atoms with Crippen LogP contribution in [0.1, 0.15) is 107 Å². The highest BCUT2D eigenvalue weighted by Crippen LogP contribution is 2.51. The molecule has 0 saturated carbocycles. The maximum atomic E-state index is 13.6. The Bertz CT molecular complexity index is 2950. The van der Waals surface area contributed by atoms with Crippen molar-refractivity contribution in [2.45, 2.75) is 122 Å². The zero-order valence-corrected chi connectivity index (χ0v) is 43.6. The van der Waals surface area contributed by atoms with Gasteiger partial charge in [0.1, 0.15) is 23.7 Å². The van der Waals surface area contributed by atoms with Crippen LogP contribution >= 0.6 is 15.9 Å². The Balaban J connectivity index is 0.000000177. The van der Waals surface area contributed by atoms with Gasteiger partial charge in [0.25, 0.3) is 11.8 Å². The molecular weight excluding hydrogens is 991 g/mol. The van der Waals surface area contributed by atoms with E-state index in [1.807, 2.05) is 67.6 Å². The van der Waals surface area contributed by atoms with Gasteiger partial charge in [0.05, 0.1) is 34.5 Å². The van der Waals surface area contributed by atoms with Crippen LogP contribution in [0.4, 0.5) is 0 Å². The monoisotopic (exact) mass is 1060 g/mol. The minimum Gasteiger partial charge on any atom is -0.490 e.